The van der Waals surface area contributed by atoms with Crippen LogP contribution in [-0.4, -0.2) is 23.8 Å². The van der Waals surface area contributed by atoms with Crippen molar-refractivity contribution >= 4 is 41.0 Å². The number of benzene rings is 2. The van der Waals surface area contributed by atoms with Gasteiger partial charge in [-0.15, -0.1) is 23.5 Å². The van der Waals surface area contributed by atoms with Gasteiger partial charge in [0.2, 0.25) is 5.91 Å². The Hall–Kier alpha value is -1.92. The molecule has 0 unspecified atom stereocenters. The van der Waals surface area contributed by atoms with Gasteiger partial charge in [0.15, 0.2) is 0 Å². The summed E-state index contributed by atoms with van der Waals surface area (Å²) in [6, 6.07) is 15.0. The summed E-state index contributed by atoms with van der Waals surface area (Å²) >= 11 is 3.23. The van der Waals surface area contributed by atoms with Gasteiger partial charge in [0.25, 0.3) is 5.91 Å². The predicted molar refractivity (Wildman–Crippen MR) is 98.0 cm³/mol. The molecule has 120 valence electrons. The zero-order chi connectivity index (χ0) is 16.7. The average molecular weight is 346 g/mol. The summed E-state index contributed by atoms with van der Waals surface area (Å²) in [6.45, 7) is 0. The quantitative estimate of drug-likeness (QED) is 0.754. The van der Waals surface area contributed by atoms with Crippen molar-refractivity contribution in [2.45, 2.75) is 10.6 Å². The van der Waals surface area contributed by atoms with Crippen molar-refractivity contribution in [2.24, 2.45) is 5.73 Å². The van der Waals surface area contributed by atoms with Crippen LogP contribution in [0.1, 0.15) is 15.9 Å². The van der Waals surface area contributed by atoms with Crippen molar-refractivity contribution in [3.05, 3.63) is 59.7 Å². The standard InChI is InChI=1S/C17H18N2O2S2/c1-22-13-8-6-12(7-9-13)10-23-11-16(20)19-15-5-3-2-4-14(15)17(18)21/h2-9H,10-11H2,1H3,(H2,18,21)(H,19,20). The number of hydrogen-bond donors (Lipinski definition) is 2. The molecule has 0 spiro atoms. The number of anilines is 1. The monoisotopic (exact) mass is 346 g/mol. The fourth-order valence-corrected chi connectivity index (χ4v) is 3.17. The van der Waals surface area contributed by atoms with Gasteiger partial charge in [0.1, 0.15) is 0 Å². The number of nitrogens with one attached hydrogen (secondary N) is 1. The van der Waals surface area contributed by atoms with Crippen molar-refractivity contribution in [1.29, 1.82) is 0 Å². The molecule has 0 atom stereocenters. The van der Waals surface area contributed by atoms with E-state index in [4.69, 9.17) is 5.73 Å². The Morgan fingerprint density at radius 2 is 1.78 bits per heavy atom. The maximum atomic E-state index is 12.0. The third-order valence-electron chi connectivity index (χ3n) is 3.13. The lowest BCUT2D eigenvalue weighted by atomic mass is 10.1. The zero-order valence-electron chi connectivity index (χ0n) is 12.7. The molecule has 0 saturated heterocycles. The highest BCUT2D eigenvalue weighted by atomic mass is 32.2. The van der Waals surface area contributed by atoms with Crippen molar-refractivity contribution in [1.82, 2.24) is 0 Å². The van der Waals surface area contributed by atoms with E-state index < -0.39 is 5.91 Å². The number of nitrogens with two attached hydrogens (primary N) is 1. The van der Waals surface area contributed by atoms with E-state index in [2.05, 4.69) is 29.6 Å². The molecule has 3 N–H and O–H groups in total. The zero-order valence-corrected chi connectivity index (χ0v) is 14.4. The molecule has 0 fully saturated rings. The van der Waals surface area contributed by atoms with Crippen LogP contribution in [0.5, 0.6) is 0 Å². The Bertz CT molecular complexity index is 687. The Morgan fingerprint density at radius 3 is 2.43 bits per heavy atom. The van der Waals surface area contributed by atoms with E-state index in [0.29, 0.717) is 17.0 Å². The summed E-state index contributed by atoms with van der Waals surface area (Å²) in [5.74, 6) is 0.378. The number of carbonyl (C=O) groups is 2. The summed E-state index contributed by atoms with van der Waals surface area (Å²) in [5.41, 5.74) is 7.24. The molecule has 6 heteroatoms. The highest BCUT2D eigenvalue weighted by molar-refractivity contribution is 7.99. The van der Waals surface area contributed by atoms with Crippen LogP contribution in [0.3, 0.4) is 0 Å². The van der Waals surface area contributed by atoms with Crippen LogP contribution in [-0.2, 0) is 10.5 Å². The van der Waals surface area contributed by atoms with Crippen molar-refractivity contribution in [2.75, 3.05) is 17.3 Å². The Morgan fingerprint density at radius 1 is 1.09 bits per heavy atom. The average Bonchev–Trinajstić information content (AvgIpc) is 2.56. The lowest BCUT2D eigenvalue weighted by Gasteiger charge is -2.08. The molecule has 0 aliphatic carbocycles. The van der Waals surface area contributed by atoms with E-state index in [9.17, 15) is 9.59 Å². The molecular weight excluding hydrogens is 328 g/mol. The van der Waals surface area contributed by atoms with Gasteiger partial charge in [-0.2, -0.15) is 0 Å². The topological polar surface area (TPSA) is 72.2 Å². The van der Waals surface area contributed by atoms with Crippen LogP contribution in [0.15, 0.2) is 53.4 Å². The predicted octanol–water partition coefficient (Wildman–Crippen LogP) is 3.38. The molecule has 0 radical (unpaired) electrons. The Balaban J connectivity index is 1.84. The fraction of sp³-hybridized carbons (Fsp3) is 0.176. The van der Waals surface area contributed by atoms with Gasteiger partial charge in [-0.25, -0.2) is 0 Å². The third kappa shape index (κ3) is 5.33. The highest BCUT2D eigenvalue weighted by Gasteiger charge is 2.10. The first-order valence-electron chi connectivity index (χ1n) is 6.99. The van der Waals surface area contributed by atoms with Crippen molar-refractivity contribution in [3.8, 4) is 0 Å². The van der Waals surface area contributed by atoms with Crippen LogP contribution >= 0.6 is 23.5 Å². The molecule has 0 aliphatic heterocycles. The number of primary amides is 1. The fourth-order valence-electron chi connectivity index (χ4n) is 1.98. The molecule has 0 aromatic heterocycles. The minimum Gasteiger partial charge on any atom is -0.366 e. The van der Waals surface area contributed by atoms with Gasteiger partial charge in [-0.3, -0.25) is 9.59 Å². The summed E-state index contributed by atoms with van der Waals surface area (Å²) in [4.78, 5) is 24.5. The number of carbonyl (C=O) groups excluding carboxylic acids is 2. The first-order valence-corrected chi connectivity index (χ1v) is 9.37. The molecule has 0 heterocycles. The van der Waals surface area contributed by atoms with Gasteiger partial charge in [-0.05, 0) is 36.1 Å². The summed E-state index contributed by atoms with van der Waals surface area (Å²) in [7, 11) is 0. The Labute approximate surface area is 144 Å². The Kier molecular flexibility index (Phi) is 6.55. The lowest BCUT2D eigenvalue weighted by Crippen LogP contribution is -2.19. The smallest absolute Gasteiger partial charge is 0.250 e. The first kappa shape index (κ1) is 17.4. The second kappa shape index (κ2) is 8.64. The molecule has 23 heavy (non-hydrogen) atoms. The molecule has 4 nitrogen and oxygen atoms in total. The number of hydrogen-bond acceptors (Lipinski definition) is 4. The van der Waals surface area contributed by atoms with Crippen LogP contribution in [0, 0.1) is 0 Å². The minimum absolute atomic E-state index is 0.149. The van der Waals surface area contributed by atoms with E-state index in [1.165, 1.54) is 22.2 Å². The van der Waals surface area contributed by atoms with Crippen LogP contribution < -0.4 is 11.1 Å². The minimum atomic E-state index is -0.553. The van der Waals surface area contributed by atoms with Crippen molar-refractivity contribution in [3.63, 3.8) is 0 Å². The largest absolute Gasteiger partial charge is 0.366 e. The molecular formula is C17H18N2O2S2. The molecule has 2 amide bonds. The summed E-state index contributed by atoms with van der Waals surface area (Å²) < 4.78 is 0. The molecule has 0 bridgehead atoms. The van der Waals surface area contributed by atoms with Gasteiger partial charge in [0.05, 0.1) is 17.0 Å². The maximum Gasteiger partial charge on any atom is 0.250 e. The number of thioether (sulfide) groups is 2. The normalized spacial score (nSPS) is 10.3. The molecule has 2 rings (SSSR count). The number of rotatable bonds is 7. The second-order valence-corrected chi connectivity index (χ2v) is 6.66. The molecule has 0 aliphatic rings. The van der Waals surface area contributed by atoms with Gasteiger partial charge in [-0.1, -0.05) is 24.3 Å². The van der Waals surface area contributed by atoms with Gasteiger partial charge in [0, 0.05) is 10.6 Å². The van der Waals surface area contributed by atoms with E-state index in [-0.39, 0.29) is 5.91 Å². The number of para-hydroxylation sites is 1. The van der Waals surface area contributed by atoms with Gasteiger partial charge >= 0.3 is 0 Å². The maximum absolute atomic E-state index is 12.0. The SMILES string of the molecule is CSc1ccc(CSCC(=O)Nc2ccccc2C(N)=O)cc1. The van der Waals surface area contributed by atoms with Crippen LogP contribution in [0.25, 0.3) is 0 Å². The highest BCUT2D eigenvalue weighted by Crippen LogP contribution is 2.19. The second-order valence-electron chi connectivity index (χ2n) is 4.80. The van der Waals surface area contributed by atoms with E-state index in [1.807, 2.05) is 6.26 Å². The van der Waals surface area contributed by atoms with Crippen LogP contribution in [0.2, 0.25) is 0 Å². The van der Waals surface area contributed by atoms with E-state index in [1.54, 1.807) is 36.0 Å². The van der Waals surface area contributed by atoms with Crippen LogP contribution in [0.4, 0.5) is 5.69 Å². The van der Waals surface area contributed by atoms with E-state index >= 15 is 0 Å². The van der Waals surface area contributed by atoms with E-state index in [0.717, 1.165) is 5.75 Å². The molecule has 2 aromatic rings. The lowest BCUT2D eigenvalue weighted by molar-refractivity contribution is -0.113. The first-order chi connectivity index (χ1) is 11.1. The summed E-state index contributed by atoms with van der Waals surface area (Å²) in [5, 5.41) is 2.73. The number of amides is 2. The van der Waals surface area contributed by atoms with Gasteiger partial charge < -0.3 is 11.1 Å². The molecule has 2 aromatic carbocycles. The molecule has 0 saturated carbocycles. The summed E-state index contributed by atoms with van der Waals surface area (Å²) in [6.07, 6.45) is 2.04. The third-order valence-corrected chi connectivity index (χ3v) is 4.87. The van der Waals surface area contributed by atoms with Crippen molar-refractivity contribution < 1.29 is 9.59 Å².